The minimum Gasteiger partial charge on any atom is -0.449 e. The van der Waals surface area contributed by atoms with Crippen molar-refractivity contribution >= 4 is 5.97 Å². The van der Waals surface area contributed by atoms with Gasteiger partial charge in [0, 0.05) is 20.0 Å². The summed E-state index contributed by atoms with van der Waals surface area (Å²) in [6.45, 7) is 1.21. The first-order valence-corrected chi connectivity index (χ1v) is 2.95. The van der Waals surface area contributed by atoms with Crippen LogP contribution in [0.3, 0.4) is 0 Å². The van der Waals surface area contributed by atoms with Gasteiger partial charge in [0.25, 0.3) is 0 Å². The summed E-state index contributed by atoms with van der Waals surface area (Å²) in [5.74, 6) is 1.81. The minimum atomic E-state index is -0.581. The summed E-state index contributed by atoms with van der Waals surface area (Å²) in [5, 5.41) is 8.39. The van der Waals surface area contributed by atoms with E-state index < -0.39 is 12.1 Å². The highest BCUT2D eigenvalue weighted by molar-refractivity contribution is 5.66. The van der Waals surface area contributed by atoms with Crippen molar-refractivity contribution in [3.05, 3.63) is 0 Å². The summed E-state index contributed by atoms with van der Waals surface area (Å²) < 4.78 is 4.60. The number of hydrogen-bond donors (Lipinski definition) is 1. The van der Waals surface area contributed by atoms with Crippen molar-refractivity contribution < 1.29 is 14.6 Å². The molecule has 0 bridgehead atoms. The molecule has 0 aromatic carbocycles. The molecule has 10 heavy (non-hydrogen) atoms. The van der Waals surface area contributed by atoms with Crippen LogP contribution in [0.4, 0.5) is 0 Å². The molecule has 3 nitrogen and oxygen atoms in total. The fourth-order valence-electron chi connectivity index (χ4n) is 0.494. The quantitative estimate of drug-likeness (QED) is 0.443. The van der Waals surface area contributed by atoms with Gasteiger partial charge in [0.1, 0.15) is 0 Å². The van der Waals surface area contributed by atoms with Gasteiger partial charge in [0.15, 0.2) is 6.10 Å². The lowest BCUT2D eigenvalue weighted by Gasteiger charge is -2.07. The molecule has 0 rings (SSSR count). The van der Waals surface area contributed by atoms with Crippen LogP contribution in [-0.4, -0.2) is 23.8 Å². The first-order valence-electron chi connectivity index (χ1n) is 2.95. The second-order valence-electron chi connectivity index (χ2n) is 1.78. The third-order valence-electron chi connectivity index (χ3n) is 0.885. The Morgan fingerprint density at radius 1 is 1.90 bits per heavy atom. The van der Waals surface area contributed by atoms with Crippen LogP contribution >= 0.6 is 0 Å². The van der Waals surface area contributed by atoms with Gasteiger partial charge < -0.3 is 9.84 Å². The number of rotatable bonds is 3. The highest BCUT2D eigenvalue weighted by Crippen LogP contribution is 1.95. The number of hydrogen-bond acceptors (Lipinski definition) is 3. The maximum Gasteiger partial charge on any atom is 0.303 e. The molecule has 0 aliphatic heterocycles. The molecule has 1 atom stereocenters. The third-order valence-corrected chi connectivity index (χ3v) is 0.885. The van der Waals surface area contributed by atoms with Crippen LogP contribution in [0.1, 0.15) is 13.3 Å². The maximum absolute atomic E-state index is 10.3. The molecule has 0 saturated carbocycles. The molecule has 0 aromatic rings. The second-order valence-corrected chi connectivity index (χ2v) is 1.78. The number of aliphatic hydroxyl groups excluding tert-OH is 1. The smallest absolute Gasteiger partial charge is 0.303 e. The van der Waals surface area contributed by atoms with Crippen LogP contribution in [0.2, 0.25) is 0 Å². The third kappa shape index (κ3) is 3.93. The van der Waals surface area contributed by atoms with E-state index in [1.807, 2.05) is 0 Å². The first kappa shape index (κ1) is 8.99. The summed E-state index contributed by atoms with van der Waals surface area (Å²) >= 11 is 0. The normalized spacial score (nSPS) is 11.7. The Kier molecular flexibility index (Phi) is 4.34. The number of terminal acetylenes is 1. The van der Waals surface area contributed by atoms with Gasteiger partial charge >= 0.3 is 5.97 Å². The summed E-state index contributed by atoms with van der Waals surface area (Å²) in [5.41, 5.74) is 0. The van der Waals surface area contributed by atoms with Crippen LogP contribution in [0.5, 0.6) is 0 Å². The zero-order valence-electron chi connectivity index (χ0n) is 5.83. The lowest BCUT2D eigenvalue weighted by molar-refractivity contribution is -0.144. The predicted octanol–water partition coefficient (Wildman–Crippen LogP) is -0.0663. The maximum atomic E-state index is 10.3. The number of ether oxygens (including phenoxy) is 1. The number of carbonyl (C=O) groups is 1. The summed E-state index contributed by atoms with van der Waals surface area (Å²) in [6, 6.07) is 0. The molecule has 0 aromatic heterocycles. The topological polar surface area (TPSA) is 46.5 Å². The lowest BCUT2D eigenvalue weighted by atomic mass is 10.3. The second kappa shape index (κ2) is 4.83. The molecule has 0 fully saturated rings. The van der Waals surface area contributed by atoms with E-state index in [2.05, 4.69) is 10.7 Å². The fourth-order valence-corrected chi connectivity index (χ4v) is 0.494. The Bertz CT molecular complexity index is 145. The van der Waals surface area contributed by atoms with Crippen molar-refractivity contribution in [2.75, 3.05) is 6.61 Å². The van der Waals surface area contributed by atoms with E-state index >= 15 is 0 Å². The Labute approximate surface area is 60.0 Å². The van der Waals surface area contributed by atoms with Gasteiger partial charge in [-0.05, 0) is 0 Å². The Morgan fingerprint density at radius 3 is 2.80 bits per heavy atom. The molecule has 0 aliphatic rings. The molecule has 0 radical (unpaired) electrons. The number of aliphatic hydroxyl groups is 1. The van der Waals surface area contributed by atoms with Crippen LogP contribution in [0, 0.1) is 12.3 Å². The molecule has 3 heteroatoms. The van der Waals surface area contributed by atoms with Gasteiger partial charge in [-0.2, -0.15) is 0 Å². The first-order chi connectivity index (χ1) is 4.70. The average molecular weight is 142 g/mol. The highest BCUT2D eigenvalue weighted by Gasteiger charge is 2.05. The SMILES string of the molecule is C#C[C@H](CCO)OC(C)=O. The number of carbonyl (C=O) groups excluding carboxylic acids is 1. The van der Waals surface area contributed by atoms with Crippen molar-refractivity contribution in [3.63, 3.8) is 0 Å². The van der Waals surface area contributed by atoms with E-state index in [4.69, 9.17) is 11.5 Å². The van der Waals surface area contributed by atoms with Crippen LogP contribution in [0.15, 0.2) is 0 Å². The monoisotopic (exact) mass is 142 g/mol. The van der Waals surface area contributed by atoms with Crippen molar-refractivity contribution in [3.8, 4) is 12.3 Å². The van der Waals surface area contributed by atoms with Gasteiger partial charge in [-0.3, -0.25) is 4.79 Å². The van der Waals surface area contributed by atoms with Gasteiger partial charge in [-0.1, -0.05) is 5.92 Å². The molecule has 0 saturated heterocycles. The van der Waals surface area contributed by atoms with Gasteiger partial charge in [-0.25, -0.2) is 0 Å². The predicted molar refractivity (Wildman–Crippen MR) is 36.1 cm³/mol. The molecule has 0 amide bonds. The molecule has 0 heterocycles. The molecular weight excluding hydrogens is 132 g/mol. The van der Waals surface area contributed by atoms with E-state index in [1.54, 1.807) is 0 Å². The summed E-state index contributed by atoms with van der Waals surface area (Å²) in [7, 11) is 0. The largest absolute Gasteiger partial charge is 0.449 e. The van der Waals surface area contributed by atoms with Crippen molar-refractivity contribution in [1.82, 2.24) is 0 Å². The van der Waals surface area contributed by atoms with Crippen molar-refractivity contribution in [2.24, 2.45) is 0 Å². The summed E-state index contributed by atoms with van der Waals surface area (Å²) in [6.07, 6.45) is 4.69. The summed E-state index contributed by atoms with van der Waals surface area (Å²) in [4.78, 5) is 10.3. The standard InChI is InChI=1S/C7H10O3/c1-3-7(4-5-8)10-6(2)9/h1,7-8H,4-5H2,2H3/t7-/m1/s1. The van der Waals surface area contributed by atoms with Crippen LogP contribution in [0.25, 0.3) is 0 Å². The van der Waals surface area contributed by atoms with Crippen molar-refractivity contribution in [1.29, 1.82) is 0 Å². The van der Waals surface area contributed by atoms with E-state index in [-0.39, 0.29) is 6.61 Å². The molecule has 0 aliphatic carbocycles. The van der Waals surface area contributed by atoms with E-state index in [0.717, 1.165) is 0 Å². The van der Waals surface area contributed by atoms with Crippen LogP contribution < -0.4 is 0 Å². The van der Waals surface area contributed by atoms with Gasteiger partial charge in [0.2, 0.25) is 0 Å². The lowest BCUT2D eigenvalue weighted by Crippen LogP contribution is -2.15. The van der Waals surface area contributed by atoms with E-state index in [0.29, 0.717) is 6.42 Å². The molecule has 56 valence electrons. The van der Waals surface area contributed by atoms with Gasteiger partial charge in [-0.15, -0.1) is 6.42 Å². The minimum absolute atomic E-state index is 0.0673. The number of esters is 1. The van der Waals surface area contributed by atoms with E-state index in [1.165, 1.54) is 6.92 Å². The zero-order valence-corrected chi connectivity index (χ0v) is 5.83. The molecule has 0 unspecified atom stereocenters. The Balaban J connectivity index is 3.63. The molecule has 1 N–H and O–H groups in total. The zero-order chi connectivity index (χ0) is 7.98. The van der Waals surface area contributed by atoms with Crippen molar-refractivity contribution in [2.45, 2.75) is 19.4 Å². The van der Waals surface area contributed by atoms with Crippen LogP contribution in [-0.2, 0) is 9.53 Å². The average Bonchev–Trinajstić information content (AvgIpc) is 1.86. The van der Waals surface area contributed by atoms with Gasteiger partial charge in [0.05, 0.1) is 0 Å². The molecule has 0 spiro atoms. The fraction of sp³-hybridized carbons (Fsp3) is 0.571. The Morgan fingerprint density at radius 2 is 2.50 bits per heavy atom. The Hall–Kier alpha value is -1.01. The molecular formula is C7H10O3. The van der Waals surface area contributed by atoms with E-state index in [9.17, 15) is 4.79 Å². The highest BCUT2D eigenvalue weighted by atomic mass is 16.5.